The van der Waals surface area contributed by atoms with E-state index in [-0.39, 0.29) is 11.5 Å². The Morgan fingerprint density at radius 2 is 2.29 bits per heavy atom. The van der Waals surface area contributed by atoms with E-state index in [1.165, 1.54) is 6.08 Å². The van der Waals surface area contributed by atoms with E-state index in [1.807, 2.05) is 0 Å². The number of hydrogen-bond acceptors (Lipinski definition) is 1. The Hall–Kier alpha value is -1.56. The molecule has 1 aliphatic carbocycles. The van der Waals surface area contributed by atoms with Crippen molar-refractivity contribution in [2.75, 3.05) is 0 Å². The maximum absolute atomic E-state index is 12.5. The third kappa shape index (κ3) is 2.23. The van der Waals surface area contributed by atoms with Gasteiger partial charge in [-0.15, -0.1) is 0 Å². The Labute approximate surface area is 82.1 Å². The normalized spacial score (nSPS) is 19.1. The Morgan fingerprint density at radius 1 is 1.64 bits per heavy atom. The second-order valence-electron chi connectivity index (χ2n) is 3.33. The molecule has 1 N–H and O–H groups in total. The number of carboxylic acids is 1. The Kier molecular flexibility index (Phi) is 3.08. The lowest BCUT2D eigenvalue weighted by Gasteiger charge is -2.13. The number of allylic oxidation sites excluding steroid dienone is 3. The molecule has 0 spiro atoms. The van der Waals surface area contributed by atoms with Crippen LogP contribution in [0.2, 0.25) is 0 Å². The highest BCUT2D eigenvalue weighted by molar-refractivity contribution is 5.88. The van der Waals surface area contributed by atoms with Crippen molar-refractivity contribution >= 4 is 5.97 Å². The van der Waals surface area contributed by atoms with Crippen LogP contribution < -0.4 is 0 Å². The van der Waals surface area contributed by atoms with E-state index in [2.05, 4.69) is 11.8 Å². The third-order valence-electron chi connectivity index (χ3n) is 2.02. The number of hydrogen-bond donors (Lipinski definition) is 1. The fourth-order valence-electron chi connectivity index (χ4n) is 1.39. The average molecular weight is 194 g/mol. The fraction of sp³-hybridized carbons (Fsp3) is 0.364. The zero-order chi connectivity index (χ0) is 10.7. The second-order valence-corrected chi connectivity index (χ2v) is 3.33. The molecule has 14 heavy (non-hydrogen) atoms. The number of rotatable bonds is 2. The van der Waals surface area contributed by atoms with Crippen LogP contribution in [0.5, 0.6) is 0 Å². The van der Waals surface area contributed by atoms with Crippen LogP contribution >= 0.6 is 0 Å². The van der Waals surface area contributed by atoms with Crippen molar-refractivity contribution in [3.8, 4) is 11.8 Å². The van der Waals surface area contributed by atoms with Crippen molar-refractivity contribution in [2.45, 2.75) is 20.3 Å². The van der Waals surface area contributed by atoms with Crippen molar-refractivity contribution in [1.82, 2.24) is 0 Å². The molecule has 0 aromatic heterocycles. The van der Waals surface area contributed by atoms with Crippen molar-refractivity contribution in [3.05, 3.63) is 23.0 Å². The van der Waals surface area contributed by atoms with Gasteiger partial charge in [0.25, 0.3) is 0 Å². The number of carbonyl (C=O) groups is 1. The summed E-state index contributed by atoms with van der Waals surface area (Å²) in [5.74, 6) is 3.05. The second kappa shape index (κ2) is 4.10. The summed E-state index contributed by atoms with van der Waals surface area (Å²) in [5, 5.41) is 8.92. The van der Waals surface area contributed by atoms with Gasteiger partial charge in [-0.2, -0.15) is 4.39 Å². The molecule has 2 nitrogen and oxygen atoms in total. The van der Waals surface area contributed by atoms with Crippen LogP contribution in [0.1, 0.15) is 20.3 Å². The van der Waals surface area contributed by atoms with Gasteiger partial charge in [-0.3, -0.25) is 0 Å². The molecule has 0 heterocycles. The molecular weight excluding hydrogens is 183 g/mol. The van der Waals surface area contributed by atoms with Gasteiger partial charge in [-0.25, -0.2) is 4.79 Å². The molecule has 0 aliphatic heterocycles. The van der Waals surface area contributed by atoms with Gasteiger partial charge in [-0.1, -0.05) is 11.5 Å². The first kappa shape index (κ1) is 10.5. The van der Waals surface area contributed by atoms with Crippen LogP contribution in [-0.4, -0.2) is 11.1 Å². The van der Waals surface area contributed by atoms with E-state index in [1.54, 1.807) is 13.8 Å². The van der Waals surface area contributed by atoms with Crippen LogP contribution in [0.3, 0.4) is 0 Å². The molecule has 3 heteroatoms. The molecule has 1 rings (SSSR count). The van der Waals surface area contributed by atoms with Gasteiger partial charge in [0.2, 0.25) is 0 Å². The van der Waals surface area contributed by atoms with E-state index in [0.29, 0.717) is 12.0 Å². The molecule has 0 saturated carbocycles. The Bertz CT molecular complexity index is 376. The predicted octanol–water partition coefficient (Wildman–Crippen LogP) is 2.28. The highest BCUT2D eigenvalue weighted by atomic mass is 19.1. The molecule has 1 aliphatic rings. The summed E-state index contributed by atoms with van der Waals surface area (Å²) in [5.41, 5.74) is 0.994. The number of aliphatic carboxylic acids is 1. The third-order valence-corrected chi connectivity index (χ3v) is 2.02. The Balaban J connectivity index is 2.96. The minimum absolute atomic E-state index is 0.279. The van der Waals surface area contributed by atoms with Gasteiger partial charge in [0.1, 0.15) is 0 Å². The summed E-state index contributed by atoms with van der Waals surface area (Å²) < 4.78 is 12.5. The SMILES string of the molecule is CC(C)=C(C(=O)O)C1C#CC(F)=CC1. The minimum atomic E-state index is -0.972. The first-order valence-corrected chi connectivity index (χ1v) is 4.30. The zero-order valence-corrected chi connectivity index (χ0v) is 8.10. The van der Waals surface area contributed by atoms with E-state index >= 15 is 0 Å². The van der Waals surface area contributed by atoms with Gasteiger partial charge < -0.3 is 5.11 Å². The Morgan fingerprint density at radius 3 is 2.64 bits per heavy atom. The molecule has 0 fully saturated rings. The molecule has 0 radical (unpaired) electrons. The van der Waals surface area contributed by atoms with Crippen LogP contribution in [0.15, 0.2) is 23.0 Å². The first-order chi connectivity index (χ1) is 6.52. The highest BCUT2D eigenvalue weighted by Crippen LogP contribution is 2.22. The van der Waals surface area contributed by atoms with Crippen molar-refractivity contribution in [3.63, 3.8) is 0 Å². The summed E-state index contributed by atoms with van der Waals surface area (Å²) in [6, 6.07) is 0. The van der Waals surface area contributed by atoms with Gasteiger partial charge in [0.15, 0.2) is 5.83 Å². The molecule has 1 atom stereocenters. The molecule has 0 bridgehead atoms. The smallest absolute Gasteiger partial charge is 0.332 e. The topological polar surface area (TPSA) is 37.3 Å². The monoisotopic (exact) mass is 194 g/mol. The standard InChI is InChI=1S/C11H11FO2/c1-7(2)10(11(13)14)8-3-5-9(12)6-4-8/h5,8H,3H2,1-2H3,(H,13,14). The van der Waals surface area contributed by atoms with Crippen molar-refractivity contribution in [2.24, 2.45) is 5.92 Å². The highest BCUT2D eigenvalue weighted by Gasteiger charge is 2.20. The predicted molar refractivity (Wildman–Crippen MR) is 51.1 cm³/mol. The van der Waals surface area contributed by atoms with Gasteiger partial charge >= 0.3 is 5.97 Å². The van der Waals surface area contributed by atoms with Crippen molar-refractivity contribution < 1.29 is 14.3 Å². The molecule has 1 unspecified atom stereocenters. The first-order valence-electron chi connectivity index (χ1n) is 4.30. The molecule has 0 aromatic carbocycles. The van der Waals surface area contributed by atoms with Crippen LogP contribution in [-0.2, 0) is 4.79 Å². The average Bonchev–Trinajstić information content (AvgIpc) is 2.07. The minimum Gasteiger partial charge on any atom is -0.478 e. The largest absolute Gasteiger partial charge is 0.478 e. The molecule has 0 saturated heterocycles. The maximum atomic E-state index is 12.5. The lowest BCUT2D eigenvalue weighted by molar-refractivity contribution is -0.133. The number of carboxylic acid groups (broad SMARTS) is 1. The van der Waals surface area contributed by atoms with Gasteiger partial charge in [0.05, 0.1) is 11.5 Å². The maximum Gasteiger partial charge on any atom is 0.332 e. The quantitative estimate of drug-likeness (QED) is 0.541. The summed E-state index contributed by atoms with van der Waals surface area (Å²) in [7, 11) is 0. The van der Waals surface area contributed by atoms with Gasteiger partial charge in [0, 0.05) is 0 Å². The molecule has 74 valence electrons. The van der Waals surface area contributed by atoms with E-state index < -0.39 is 11.8 Å². The zero-order valence-electron chi connectivity index (χ0n) is 8.10. The van der Waals surface area contributed by atoms with Crippen LogP contribution in [0.25, 0.3) is 0 Å². The molecular formula is C11H11FO2. The molecule has 0 aromatic rings. The van der Waals surface area contributed by atoms with E-state index in [4.69, 9.17) is 5.11 Å². The van der Waals surface area contributed by atoms with Crippen LogP contribution in [0, 0.1) is 17.8 Å². The van der Waals surface area contributed by atoms with E-state index in [9.17, 15) is 9.18 Å². The fourth-order valence-corrected chi connectivity index (χ4v) is 1.39. The number of halogens is 1. The lowest BCUT2D eigenvalue weighted by atomic mass is 9.91. The summed E-state index contributed by atoms with van der Waals surface area (Å²) in [4.78, 5) is 10.9. The van der Waals surface area contributed by atoms with Crippen molar-refractivity contribution in [1.29, 1.82) is 0 Å². The van der Waals surface area contributed by atoms with Crippen LogP contribution in [0.4, 0.5) is 4.39 Å². The summed E-state index contributed by atoms with van der Waals surface area (Å²) >= 11 is 0. The van der Waals surface area contributed by atoms with E-state index in [0.717, 1.165) is 0 Å². The lowest BCUT2D eigenvalue weighted by Crippen LogP contribution is -2.13. The summed E-state index contributed by atoms with van der Waals surface area (Å²) in [6.07, 6.45) is 1.67. The van der Waals surface area contributed by atoms with Gasteiger partial charge in [-0.05, 0) is 32.3 Å². The summed E-state index contributed by atoms with van der Waals surface area (Å²) in [6.45, 7) is 3.44. The molecule has 0 amide bonds.